The maximum atomic E-state index is 11.9. The van der Waals surface area contributed by atoms with Gasteiger partial charge in [-0.3, -0.25) is 4.79 Å². The Morgan fingerprint density at radius 3 is 2.47 bits per heavy atom. The maximum Gasteiger partial charge on any atom is 0.236 e. The summed E-state index contributed by atoms with van der Waals surface area (Å²) in [4.78, 5) is 16.3. The molecule has 4 heteroatoms. The Bertz CT molecular complexity index is 248. The zero-order valence-corrected chi connectivity index (χ0v) is 13.0. The summed E-state index contributed by atoms with van der Waals surface area (Å²) in [5, 5.41) is 3.36. The molecule has 0 aromatic heterocycles. The zero-order chi connectivity index (χ0) is 14.1. The van der Waals surface area contributed by atoms with Crippen LogP contribution in [0.15, 0.2) is 0 Å². The number of rotatable bonds is 9. The quantitative estimate of drug-likeness (QED) is 0.692. The van der Waals surface area contributed by atoms with Crippen LogP contribution in [0.5, 0.6) is 0 Å². The summed E-state index contributed by atoms with van der Waals surface area (Å²) in [7, 11) is 0. The van der Waals surface area contributed by atoms with E-state index in [2.05, 4.69) is 31.0 Å². The van der Waals surface area contributed by atoms with Crippen LogP contribution in [0.3, 0.4) is 0 Å². The average Bonchev–Trinajstić information content (AvgIpc) is 2.95. The van der Waals surface area contributed by atoms with Crippen molar-refractivity contribution in [3.05, 3.63) is 0 Å². The van der Waals surface area contributed by atoms with Crippen molar-refractivity contribution in [3.63, 3.8) is 0 Å². The van der Waals surface area contributed by atoms with E-state index in [1.54, 1.807) is 0 Å². The van der Waals surface area contributed by atoms with E-state index in [1.165, 1.54) is 25.8 Å². The average molecular weight is 269 g/mol. The number of carbonyl (C=O) groups is 1. The molecule has 1 N–H and O–H groups in total. The van der Waals surface area contributed by atoms with E-state index in [1.807, 2.05) is 4.90 Å². The number of likely N-dealkylation sites (tertiary alicyclic amines) is 1. The number of nitrogens with one attached hydrogen (secondary N) is 1. The van der Waals surface area contributed by atoms with Gasteiger partial charge in [0.05, 0.1) is 6.54 Å². The van der Waals surface area contributed by atoms with Gasteiger partial charge in [0.15, 0.2) is 0 Å². The molecule has 0 aromatic carbocycles. The lowest BCUT2D eigenvalue weighted by molar-refractivity contribution is -0.129. The fourth-order valence-corrected chi connectivity index (χ4v) is 2.60. The molecule has 1 rings (SSSR count). The molecule has 1 aliphatic rings. The van der Waals surface area contributed by atoms with Crippen molar-refractivity contribution in [1.82, 2.24) is 15.1 Å². The summed E-state index contributed by atoms with van der Waals surface area (Å²) in [6, 6.07) is 0.433. The van der Waals surface area contributed by atoms with Gasteiger partial charge in [-0.05, 0) is 52.2 Å². The smallest absolute Gasteiger partial charge is 0.236 e. The fraction of sp³-hybridized carbons (Fsp3) is 0.933. The molecular formula is C15H31N3O. The molecule has 1 fully saturated rings. The number of carbonyl (C=O) groups excluding carboxylic acids is 1. The van der Waals surface area contributed by atoms with E-state index in [-0.39, 0.29) is 5.91 Å². The predicted molar refractivity (Wildman–Crippen MR) is 80.3 cm³/mol. The first-order valence-corrected chi connectivity index (χ1v) is 7.90. The minimum atomic E-state index is 0.271. The molecule has 1 aliphatic heterocycles. The molecule has 0 aliphatic carbocycles. The Balaban J connectivity index is 2.06. The van der Waals surface area contributed by atoms with Crippen molar-refractivity contribution in [3.8, 4) is 0 Å². The van der Waals surface area contributed by atoms with Crippen molar-refractivity contribution < 1.29 is 4.79 Å². The van der Waals surface area contributed by atoms with E-state index in [0.29, 0.717) is 12.6 Å². The number of nitrogens with zero attached hydrogens (tertiary/aromatic N) is 2. The van der Waals surface area contributed by atoms with Crippen molar-refractivity contribution >= 4 is 5.91 Å². The lowest BCUT2D eigenvalue weighted by atomic mass is 10.1. The lowest BCUT2D eigenvalue weighted by Gasteiger charge is -2.21. The highest BCUT2D eigenvalue weighted by Crippen LogP contribution is 2.07. The number of amides is 1. The van der Waals surface area contributed by atoms with E-state index in [0.717, 1.165) is 32.6 Å². The van der Waals surface area contributed by atoms with Gasteiger partial charge in [0.2, 0.25) is 5.91 Å². The first kappa shape index (κ1) is 16.4. The van der Waals surface area contributed by atoms with E-state index in [9.17, 15) is 4.79 Å². The maximum absolute atomic E-state index is 11.9. The molecule has 1 heterocycles. The van der Waals surface area contributed by atoms with Gasteiger partial charge in [-0.15, -0.1) is 0 Å². The summed E-state index contributed by atoms with van der Waals surface area (Å²) in [6.07, 6.45) is 4.69. The molecule has 1 atom stereocenters. The largest absolute Gasteiger partial charge is 0.342 e. The fourth-order valence-electron chi connectivity index (χ4n) is 2.60. The van der Waals surface area contributed by atoms with Crippen molar-refractivity contribution in [2.24, 2.45) is 0 Å². The van der Waals surface area contributed by atoms with Gasteiger partial charge in [-0.25, -0.2) is 0 Å². The van der Waals surface area contributed by atoms with Crippen LogP contribution in [0.25, 0.3) is 0 Å². The predicted octanol–water partition coefficient (Wildman–Crippen LogP) is 1.71. The van der Waals surface area contributed by atoms with Crippen molar-refractivity contribution in [2.45, 2.75) is 52.5 Å². The third-order valence-electron chi connectivity index (χ3n) is 4.07. The molecular weight excluding hydrogens is 238 g/mol. The van der Waals surface area contributed by atoms with Crippen LogP contribution >= 0.6 is 0 Å². The summed E-state index contributed by atoms with van der Waals surface area (Å²) < 4.78 is 0. The second-order valence-electron chi connectivity index (χ2n) is 5.54. The molecule has 0 saturated carbocycles. The van der Waals surface area contributed by atoms with Crippen LogP contribution in [0, 0.1) is 0 Å². The van der Waals surface area contributed by atoms with Gasteiger partial charge in [0.25, 0.3) is 0 Å². The van der Waals surface area contributed by atoms with E-state index in [4.69, 9.17) is 0 Å². The first-order chi connectivity index (χ1) is 9.17. The summed E-state index contributed by atoms with van der Waals surface area (Å²) in [5.41, 5.74) is 0. The molecule has 1 amide bonds. The van der Waals surface area contributed by atoms with Crippen LogP contribution in [0.2, 0.25) is 0 Å². The Morgan fingerprint density at radius 1 is 1.26 bits per heavy atom. The van der Waals surface area contributed by atoms with Gasteiger partial charge in [-0.2, -0.15) is 0 Å². The highest BCUT2D eigenvalue weighted by molar-refractivity contribution is 5.78. The molecule has 0 bridgehead atoms. The molecule has 0 radical (unpaired) electrons. The standard InChI is InChI=1S/C15H31N3O/c1-4-17(5-2)10-8-9-14(3)16-13-15(19)18-11-6-7-12-18/h14,16H,4-13H2,1-3H3. The van der Waals surface area contributed by atoms with Gasteiger partial charge >= 0.3 is 0 Å². The SMILES string of the molecule is CCN(CC)CCCC(C)NCC(=O)N1CCCC1. The Hall–Kier alpha value is -0.610. The van der Waals surface area contributed by atoms with E-state index < -0.39 is 0 Å². The zero-order valence-electron chi connectivity index (χ0n) is 13.0. The van der Waals surface area contributed by atoms with E-state index >= 15 is 0 Å². The highest BCUT2D eigenvalue weighted by Gasteiger charge is 2.17. The van der Waals surface area contributed by atoms with Gasteiger partial charge < -0.3 is 15.1 Å². The second-order valence-corrected chi connectivity index (χ2v) is 5.54. The van der Waals surface area contributed by atoms with Gasteiger partial charge in [-0.1, -0.05) is 13.8 Å². The molecule has 112 valence electrons. The lowest BCUT2D eigenvalue weighted by Crippen LogP contribution is -2.39. The topological polar surface area (TPSA) is 35.6 Å². The minimum absolute atomic E-state index is 0.271. The Morgan fingerprint density at radius 2 is 1.89 bits per heavy atom. The summed E-state index contributed by atoms with van der Waals surface area (Å²) >= 11 is 0. The molecule has 0 aromatic rings. The molecule has 4 nitrogen and oxygen atoms in total. The third-order valence-corrected chi connectivity index (χ3v) is 4.07. The molecule has 0 spiro atoms. The van der Waals surface area contributed by atoms with Crippen molar-refractivity contribution in [2.75, 3.05) is 39.3 Å². The third kappa shape index (κ3) is 6.39. The van der Waals surface area contributed by atoms with Crippen LogP contribution in [0.4, 0.5) is 0 Å². The molecule has 1 unspecified atom stereocenters. The van der Waals surface area contributed by atoms with Crippen LogP contribution in [0.1, 0.15) is 46.5 Å². The minimum Gasteiger partial charge on any atom is -0.342 e. The van der Waals surface area contributed by atoms with Gasteiger partial charge in [0, 0.05) is 19.1 Å². The molecule has 19 heavy (non-hydrogen) atoms. The number of hydrogen-bond acceptors (Lipinski definition) is 3. The second kappa shape index (κ2) is 9.32. The van der Waals surface area contributed by atoms with Crippen LogP contribution in [-0.4, -0.2) is 61.0 Å². The van der Waals surface area contributed by atoms with Gasteiger partial charge in [0.1, 0.15) is 0 Å². The normalized spacial score (nSPS) is 17.2. The molecule has 1 saturated heterocycles. The van der Waals surface area contributed by atoms with Crippen LogP contribution in [-0.2, 0) is 4.79 Å². The monoisotopic (exact) mass is 269 g/mol. The summed E-state index contributed by atoms with van der Waals surface area (Å²) in [5.74, 6) is 0.271. The highest BCUT2D eigenvalue weighted by atomic mass is 16.2. The summed E-state index contributed by atoms with van der Waals surface area (Å²) in [6.45, 7) is 12.4. The number of hydrogen-bond donors (Lipinski definition) is 1. The Labute approximate surface area is 118 Å². The Kier molecular flexibility index (Phi) is 8.07. The van der Waals surface area contributed by atoms with Crippen LogP contribution < -0.4 is 5.32 Å². The van der Waals surface area contributed by atoms with Crippen molar-refractivity contribution in [1.29, 1.82) is 0 Å². The first-order valence-electron chi connectivity index (χ1n) is 7.90.